The Hall–Kier alpha value is -3.40. The van der Waals surface area contributed by atoms with E-state index < -0.39 is 11.5 Å². The van der Waals surface area contributed by atoms with Crippen LogP contribution in [0.1, 0.15) is 25.0 Å². The summed E-state index contributed by atoms with van der Waals surface area (Å²) in [6.45, 7) is 3.72. The molecular formula is C23H25Cl2N5O4. The molecule has 0 aliphatic rings. The lowest BCUT2D eigenvalue weighted by Crippen LogP contribution is -2.46. The molecule has 0 saturated heterocycles. The van der Waals surface area contributed by atoms with Gasteiger partial charge in [-0.3, -0.25) is 14.9 Å². The van der Waals surface area contributed by atoms with Crippen molar-refractivity contribution < 1.29 is 19.8 Å². The molecule has 180 valence electrons. The molecule has 6 N–H and O–H groups in total. The molecule has 11 heteroatoms. The lowest BCUT2D eigenvalue weighted by Gasteiger charge is -2.21. The standard InChI is InChI=1S/C22H23Cl2N5O2.CH2O2/c1-22(2,21(30)31)28-10-13-5-3-6-14(9-13)18-12-26-19(25)20(29-18)27-11-15-16(23)7-4-8-17(15)24;2-1-3/h3-9,12,28H,10-11H2,1-2H3,(H2,25,26)(H,27,29)(H,30,31);1H,(H,2,3). The van der Waals surface area contributed by atoms with Gasteiger partial charge in [-0.15, -0.1) is 0 Å². The molecule has 0 fully saturated rings. The van der Waals surface area contributed by atoms with Crippen molar-refractivity contribution in [2.24, 2.45) is 0 Å². The van der Waals surface area contributed by atoms with Crippen LogP contribution in [0.2, 0.25) is 10.0 Å². The highest BCUT2D eigenvalue weighted by atomic mass is 35.5. The van der Waals surface area contributed by atoms with E-state index in [9.17, 15) is 9.90 Å². The van der Waals surface area contributed by atoms with Crippen molar-refractivity contribution in [1.29, 1.82) is 0 Å². The second-order valence-electron chi connectivity index (χ2n) is 7.63. The van der Waals surface area contributed by atoms with Crippen molar-refractivity contribution in [3.8, 4) is 11.3 Å². The Balaban J connectivity index is 0.00000129. The summed E-state index contributed by atoms with van der Waals surface area (Å²) in [6.07, 6.45) is 1.59. The van der Waals surface area contributed by atoms with Crippen molar-refractivity contribution in [2.75, 3.05) is 11.1 Å². The molecular weight excluding hydrogens is 481 g/mol. The summed E-state index contributed by atoms with van der Waals surface area (Å²) in [7, 11) is 0. The van der Waals surface area contributed by atoms with Crippen LogP contribution in [0.3, 0.4) is 0 Å². The van der Waals surface area contributed by atoms with Crippen LogP contribution in [0.15, 0.2) is 48.7 Å². The van der Waals surface area contributed by atoms with Gasteiger partial charge in [0, 0.05) is 34.3 Å². The zero-order chi connectivity index (χ0) is 25.3. The smallest absolute Gasteiger partial charge is 0.323 e. The van der Waals surface area contributed by atoms with Crippen LogP contribution >= 0.6 is 23.2 Å². The van der Waals surface area contributed by atoms with Gasteiger partial charge in [0.25, 0.3) is 6.47 Å². The second-order valence-corrected chi connectivity index (χ2v) is 8.45. The normalized spacial score (nSPS) is 10.7. The lowest BCUT2D eigenvalue weighted by atomic mass is 10.0. The van der Waals surface area contributed by atoms with Gasteiger partial charge < -0.3 is 21.3 Å². The number of carboxylic acids is 1. The Kier molecular flexibility index (Phi) is 9.61. The Morgan fingerprint density at radius 2 is 1.76 bits per heavy atom. The van der Waals surface area contributed by atoms with Gasteiger partial charge >= 0.3 is 5.97 Å². The third-order valence-corrected chi connectivity index (χ3v) is 5.50. The number of nitrogens with zero attached hydrogens (tertiary/aromatic N) is 2. The predicted molar refractivity (Wildman–Crippen MR) is 133 cm³/mol. The van der Waals surface area contributed by atoms with Crippen LogP contribution in [0.5, 0.6) is 0 Å². The molecule has 1 heterocycles. The second kappa shape index (κ2) is 12.2. The maximum Gasteiger partial charge on any atom is 0.323 e. The van der Waals surface area contributed by atoms with Crippen molar-refractivity contribution in [1.82, 2.24) is 15.3 Å². The van der Waals surface area contributed by atoms with Crippen LogP contribution in [0, 0.1) is 0 Å². The van der Waals surface area contributed by atoms with Gasteiger partial charge in [-0.2, -0.15) is 0 Å². The molecule has 0 saturated carbocycles. The topological polar surface area (TPSA) is 150 Å². The number of rotatable bonds is 8. The van der Waals surface area contributed by atoms with E-state index in [-0.39, 0.29) is 12.3 Å². The average Bonchev–Trinajstić information content (AvgIpc) is 2.79. The maximum atomic E-state index is 11.3. The Labute approximate surface area is 207 Å². The molecule has 34 heavy (non-hydrogen) atoms. The van der Waals surface area contributed by atoms with E-state index in [1.807, 2.05) is 24.3 Å². The average molecular weight is 506 g/mol. The van der Waals surface area contributed by atoms with E-state index in [4.69, 9.17) is 38.8 Å². The zero-order valence-corrected chi connectivity index (χ0v) is 20.1. The molecule has 3 rings (SSSR count). The highest BCUT2D eigenvalue weighted by Crippen LogP contribution is 2.27. The molecule has 2 aromatic carbocycles. The Bertz CT molecular complexity index is 1140. The molecule has 1 aromatic heterocycles. The molecule has 0 bridgehead atoms. The summed E-state index contributed by atoms with van der Waals surface area (Å²) >= 11 is 12.5. The van der Waals surface area contributed by atoms with E-state index in [1.165, 1.54) is 0 Å². The molecule has 0 unspecified atom stereocenters. The summed E-state index contributed by atoms with van der Waals surface area (Å²) in [5, 5.41) is 23.4. The van der Waals surface area contributed by atoms with E-state index in [1.54, 1.807) is 38.2 Å². The van der Waals surface area contributed by atoms with Gasteiger partial charge in [0.1, 0.15) is 5.54 Å². The first kappa shape index (κ1) is 26.8. The summed E-state index contributed by atoms with van der Waals surface area (Å²) < 4.78 is 0. The van der Waals surface area contributed by atoms with Crippen LogP contribution in [0.4, 0.5) is 11.6 Å². The number of anilines is 2. The predicted octanol–water partition coefficient (Wildman–Crippen LogP) is 4.30. The van der Waals surface area contributed by atoms with Crippen LogP contribution < -0.4 is 16.4 Å². The number of benzene rings is 2. The zero-order valence-electron chi connectivity index (χ0n) is 18.5. The number of hydrogen-bond donors (Lipinski definition) is 5. The van der Waals surface area contributed by atoms with Gasteiger partial charge in [-0.25, -0.2) is 9.97 Å². The monoisotopic (exact) mass is 505 g/mol. The number of carbonyl (C=O) groups is 2. The fourth-order valence-corrected chi connectivity index (χ4v) is 3.31. The third kappa shape index (κ3) is 7.31. The molecule has 3 aromatic rings. The number of nitrogens with one attached hydrogen (secondary N) is 2. The van der Waals surface area contributed by atoms with Crippen molar-refractivity contribution in [2.45, 2.75) is 32.5 Å². The van der Waals surface area contributed by atoms with Crippen LogP contribution in [-0.2, 0) is 22.7 Å². The Morgan fingerprint density at radius 1 is 1.15 bits per heavy atom. The highest BCUT2D eigenvalue weighted by Gasteiger charge is 2.25. The van der Waals surface area contributed by atoms with Crippen molar-refractivity contribution in [3.63, 3.8) is 0 Å². The fourth-order valence-electron chi connectivity index (χ4n) is 2.78. The first-order valence-corrected chi connectivity index (χ1v) is 10.8. The van der Waals surface area contributed by atoms with Crippen LogP contribution in [0.25, 0.3) is 11.3 Å². The number of aliphatic carboxylic acids is 1. The minimum absolute atomic E-state index is 0.250. The third-order valence-electron chi connectivity index (χ3n) is 4.79. The summed E-state index contributed by atoms with van der Waals surface area (Å²) in [4.78, 5) is 28.5. The van der Waals surface area contributed by atoms with Gasteiger partial charge in [-0.05, 0) is 37.6 Å². The van der Waals surface area contributed by atoms with E-state index in [0.717, 1.165) is 16.7 Å². The van der Waals surface area contributed by atoms with Crippen molar-refractivity contribution >= 4 is 47.3 Å². The van der Waals surface area contributed by atoms with Gasteiger partial charge in [0.15, 0.2) is 11.6 Å². The maximum absolute atomic E-state index is 11.3. The number of nitrogens with two attached hydrogens (primary N) is 1. The fraction of sp³-hybridized carbons (Fsp3) is 0.217. The summed E-state index contributed by atoms with van der Waals surface area (Å²) in [5.74, 6) is -0.237. The highest BCUT2D eigenvalue weighted by molar-refractivity contribution is 6.36. The first-order chi connectivity index (χ1) is 16.1. The van der Waals surface area contributed by atoms with E-state index >= 15 is 0 Å². The largest absolute Gasteiger partial charge is 0.483 e. The van der Waals surface area contributed by atoms with Gasteiger partial charge in [0.05, 0.1) is 11.9 Å². The number of halogens is 2. The van der Waals surface area contributed by atoms with Gasteiger partial charge in [-0.1, -0.05) is 47.5 Å². The number of aromatic nitrogens is 2. The van der Waals surface area contributed by atoms with E-state index in [2.05, 4.69) is 20.6 Å². The number of nitrogen functional groups attached to an aromatic ring is 1. The molecule has 0 aliphatic heterocycles. The minimum Gasteiger partial charge on any atom is -0.483 e. The molecule has 0 atom stereocenters. The molecule has 0 aliphatic carbocycles. The minimum atomic E-state index is -1.03. The summed E-state index contributed by atoms with van der Waals surface area (Å²) in [5.41, 5.74) is 8.08. The lowest BCUT2D eigenvalue weighted by molar-refractivity contribution is -0.143. The van der Waals surface area contributed by atoms with Gasteiger partial charge in [0.2, 0.25) is 0 Å². The first-order valence-electron chi connectivity index (χ1n) is 10.0. The van der Waals surface area contributed by atoms with Crippen molar-refractivity contribution in [3.05, 3.63) is 69.8 Å². The summed E-state index contributed by atoms with van der Waals surface area (Å²) in [6, 6.07) is 12.9. The van der Waals surface area contributed by atoms with E-state index in [0.29, 0.717) is 34.6 Å². The quantitative estimate of drug-likeness (QED) is 0.282. The molecule has 0 radical (unpaired) electrons. The molecule has 0 spiro atoms. The number of hydrogen-bond acceptors (Lipinski definition) is 7. The SMILES string of the molecule is CC(C)(NCc1cccc(-c2cnc(N)c(NCc3c(Cl)cccc3Cl)n2)c1)C(=O)O.O=CO. The Morgan fingerprint density at radius 3 is 2.38 bits per heavy atom. The van der Waals surface area contributed by atoms with Crippen LogP contribution in [-0.4, -0.2) is 38.2 Å². The molecule has 0 amide bonds. The molecule has 9 nitrogen and oxygen atoms in total. The number of carboxylic acid groups (broad SMARTS) is 2.